The number of carbonyl (C=O) groups excluding carboxylic acids is 1. The average Bonchev–Trinajstić information content (AvgIpc) is 2.67. The van der Waals surface area contributed by atoms with Gasteiger partial charge in [-0.3, -0.25) is 14.9 Å². The number of piperidine rings is 1. The molecular weight excluding hydrogens is 354 g/mol. The van der Waals surface area contributed by atoms with Gasteiger partial charge in [0.1, 0.15) is 5.69 Å². The first-order valence-corrected chi connectivity index (χ1v) is 8.60. The van der Waals surface area contributed by atoms with Gasteiger partial charge in [-0.25, -0.2) is 0 Å². The molecule has 0 spiro atoms. The highest BCUT2D eigenvalue weighted by atomic mass is 35.5. The van der Waals surface area contributed by atoms with E-state index in [0.29, 0.717) is 42.2 Å². The molecule has 132 valence electrons. The normalized spacial score (nSPS) is 14.7. The average molecular weight is 370 g/mol. The first-order chi connectivity index (χ1) is 12.5. The van der Waals surface area contributed by atoms with Gasteiger partial charge in [-0.2, -0.15) is 5.26 Å². The van der Waals surface area contributed by atoms with Crippen molar-refractivity contribution in [2.75, 3.05) is 18.0 Å². The Morgan fingerprint density at radius 2 is 1.85 bits per heavy atom. The monoisotopic (exact) mass is 369 g/mol. The Balaban J connectivity index is 1.73. The molecule has 26 heavy (non-hydrogen) atoms. The van der Waals surface area contributed by atoms with Gasteiger partial charge in [-0.05, 0) is 49.2 Å². The van der Waals surface area contributed by atoms with Crippen LogP contribution in [0, 0.1) is 27.4 Å². The van der Waals surface area contributed by atoms with Gasteiger partial charge in [-0.1, -0.05) is 11.6 Å². The zero-order chi connectivity index (χ0) is 18.7. The molecule has 7 heteroatoms. The van der Waals surface area contributed by atoms with Gasteiger partial charge < -0.3 is 4.90 Å². The van der Waals surface area contributed by atoms with Gasteiger partial charge in [0.25, 0.3) is 5.69 Å². The predicted octanol–water partition coefficient (Wildman–Crippen LogP) is 4.22. The SMILES string of the molecule is N#Cc1ccc(N2CCC(C(=O)c3ccc(Cl)cc3)CC2)c([N+](=O)[O-])c1. The molecule has 0 radical (unpaired) electrons. The number of nitrogens with zero attached hydrogens (tertiary/aromatic N) is 3. The molecule has 2 aromatic rings. The fraction of sp³-hybridized carbons (Fsp3) is 0.263. The van der Waals surface area contributed by atoms with E-state index in [-0.39, 0.29) is 23.0 Å². The van der Waals surface area contributed by atoms with Gasteiger partial charge >= 0.3 is 0 Å². The Morgan fingerprint density at radius 3 is 2.42 bits per heavy atom. The molecule has 0 atom stereocenters. The highest BCUT2D eigenvalue weighted by molar-refractivity contribution is 6.30. The first-order valence-electron chi connectivity index (χ1n) is 8.23. The number of hydrogen-bond donors (Lipinski definition) is 0. The summed E-state index contributed by atoms with van der Waals surface area (Å²) in [6.07, 6.45) is 1.25. The smallest absolute Gasteiger partial charge is 0.293 e. The lowest BCUT2D eigenvalue weighted by atomic mass is 9.88. The first kappa shape index (κ1) is 17.9. The summed E-state index contributed by atoms with van der Waals surface area (Å²) in [7, 11) is 0. The van der Waals surface area contributed by atoms with Crippen molar-refractivity contribution in [1.29, 1.82) is 5.26 Å². The molecule has 0 aromatic heterocycles. The molecule has 0 bridgehead atoms. The van der Waals surface area contributed by atoms with Crippen LogP contribution in [0.3, 0.4) is 0 Å². The Morgan fingerprint density at radius 1 is 1.19 bits per heavy atom. The highest BCUT2D eigenvalue weighted by Crippen LogP contribution is 2.33. The summed E-state index contributed by atoms with van der Waals surface area (Å²) in [6, 6.07) is 13.2. The zero-order valence-corrected chi connectivity index (χ0v) is 14.6. The quantitative estimate of drug-likeness (QED) is 0.457. The Labute approximate surface area is 155 Å². The van der Waals surface area contributed by atoms with Gasteiger partial charge in [0.2, 0.25) is 0 Å². The molecule has 0 aliphatic carbocycles. The molecule has 1 aliphatic rings. The van der Waals surface area contributed by atoms with Gasteiger partial charge in [0.15, 0.2) is 5.78 Å². The van der Waals surface area contributed by atoms with Crippen LogP contribution >= 0.6 is 11.6 Å². The third-order valence-corrected chi connectivity index (χ3v) is 4.89. The van der Waals surface area contributed by atoms with E-state index in [9.17, 15) is 14.9 Å². The van der Waals surface area contributed by atoms with Crippen LogP contribution < -0.4 is 4.90 Å². The van der Waals surface area contributed by atoms with E-state index >= 15 is 0 Å². The second kappa shape index (κ2) is 7.54. The lowest BCUT2D eigenvalue weighted by Crippen LogP contribution is -2.36. The van der Waals surface area contributed by atoms with Gasteiger partial charge in [-0.15, -0.1) is 0 Å². The number of benzene rings is 2. The second-order valence-electron chi connectivity index (χ2n) is 6.20. The number of nitriles is 1. The van der Waals surface area contributed by atoms with Crippen LogP contribution in [0.5, 0.6) is 0 Å². The minimum Gasteiger partial charge on any atom is -0.366 e. The summed E-state index contributed by atoms with van der Waals surface area (Å²) in [5.41, 5.74) is 1.31. The van der Waals surface area contributed by atoms with Gasteiger partial charge in [0.05, 0.1) is 16.6 Å². The fourth-order valence-corrected chi connectivity index (χ4v) is 3.37. The number of nitro benzene ring substituents is 1. The van der Waals surface area contributed by atoms with E-state index < -0.39 is 4.92 Å². The molecule has 0 saturated carbocycles. The number of ketones is 1. The third kappa shape index (κ3) is 3.68. The lowest BCUT2D eigenvalue weighted by molar-refractivity contribution is -0.384. The van der Waals surface area contributed by atoms with Crippen LogP contribution in [0.25, 0.3) is 0 Å². The lowest BCUT2D eigenvalue weighted by Gasteiger charge is -2.32. The summed E-state index contributed by atoms with van der Waals surface area (Å²) < 4.78 is 0. The maximum absolute atomic E-state index is 12.6. The number of carbonyl (C=O) groups is 1. The summed E-state index contributed by atoms with van der Waals surface area (Å²) >= 11 is 5.86. The van der Waals surface area contributed by atoms with Crippen molar-refractivity contribution in [2.45, 2.75) is 12.8 Å². The van der Waals surface area contributed by atoms with E-state index in [4.69, 9.17) is 16.9 Å². The maximum Gasteiger partial charge on any atom is 0.293 e. The summed E-state index contributed by atoms with van der Waals surface area (Å²) in [5, 5.41) is 20.8. The minimum atomic E-state index is -0.471. The van der Waals surface area contributed by atoms with E-state index in [0.717, 1.165) is 0 Å². The van der Waals surface area contributed by atoms with Crippen LogP contribution in [-0.4, -0.2) is 23.8 Å². The molecule has 2 aromatic carbocycles. The van der Waals surface area contributed by atoms with Crippen molar-refractivity contribution in [3.63, 3.8) is 0 Å². The van der Waals surface area contributed by atoms with Crippen molar-refractivity contribution >= 4 is 28.8 Å². The summed E-state index contributed by atoms with van der Waals surface area (Å²) in [6.45, 7) is 1.10. The van der Waals surface area contributed by atoms with Crippen molar-refractivity contribution in [3.05, 3.63) is 68.7 Å². The molecule has 1 fully saturated rings. The molecular formula is C19H16ClN3O3. The number of anilines is 1. The molecule has 1 heterocycles. The van der Waals surface area contributed by atoms with Crippen LogP contribution in [0.15, 0.2) is 42.5 Å². The van der Waals surface area contributed by atoms with Crippen LogP contribution in [0.2, 0.25) is 5.02 Å². The standard InChI is InChI=1S/C19H16ClN3O3/c20-16-4-2-14(3-5-16)19(24)15-7-9-22(10-8-15)17-6-1-13(12-21)11-18(17)23(25)26/h1-6,11,15H,7-10H2. The molecule has 0 unspecified atom stereocenters. The maximum atomic E-state index is 12.6. The molecule has 0 N–H and O–H groups in total. The van der Waals surface area contributed by atoms with Crippen molar-refractivity contribution in [1.82, 2.24) is 0 Å². The number of halogens is 1. The highest BCUT2D eigenvalue weighted by Gasteiger charge is 2.29. The fourth-order valence-electron chi connectivity index (χ4n) is 3.24. The Hall–Kier alpha value is -2.91. The number of Topliss-reactive ketones (excluding diaryl/α,β-unsaturated/α-hetero) is 1. The predicted molar refractivity (Wildman–Crippen MR) is 98.5 cm³/mol. The topological polar surface area (TPSA) is 87.2 Å². The molecule has 1 aliphatic heterocycles. The summed E-state index contributed by atoms with van der Waals surface area (Å²) in [4.78, 5) is 25.4. The van der Waals surface area contributed by atoms with Crippen molar-refractivity contribution in [2.24, 2.45) is 5.92 Å². The van der Waals surface area contributed by atoms with E-state index in [1.165, 1.54) is 6.07 Å². The third-order valence-electron chi connectivity index (χ3n) is 4.64. The second-order valence-corrected chi connectivity index (χ2v) is 6.64. The zero-order valence-electron chi connectivity index (χ0n) is 13.9. The molecule has 0 amide bonds. The minimum absolute atomic E-state index is 0.0773. The van der Waals surface area contributed by atoms with Crippen LogP contribution in [0.1, 0.15) is 28.8 Å². The van der Waals surface area contributed by atoms with E-state index in [1.54, 1.807) is 36.4 Å². The van der Waals surface area contributed by atoms with E-state index in [1.807, 2.05) is 11.0 Å². The van der Waals surface area contributed by atoms with Crippen LogP contribution in [-0.2, 0) is 0 Å². The van der Waals surface area contributed by atoms with Gasteiger partial charge in [0, 0.05) is 35.7 Å². The Kier molecular flexibility index (Phi) is 5.19. The number of nitro groups is 1. The molecule has 3 rings (SSSR count). The number of rotatable bonds is 4. The number of hydrogen-bond acceptors (Lipinski definition) is 5. The summed E-state index contributed by atoms with van der Waals surface area (Å²) in [5.74, 6) is -0.0273. The molecule has 1 saturated heterocycles. The molecule has 6 nitrogen and oxygen atoms in total. The largest absolute Gasteiger partial charge is 0.366 e. The van der Waals surface area contributed by atoms with Crippen LogP contribution in [0.4, 0.5) is 11.4 Å². The van der Waals surface area contributed by atoms with Crippen molar-refractivity contribution in [3.8, 4) is 6.07 Å². The van der Waals surface area contributed by atoms with E-state index in [2.05, 4.69) is 0 Å². The Bertz CT molecular complexity index is 882. The van der Waals surface area contributed by atoms with Crippen molar-refractivity contribution < 1.29 is 9.72 Å².